The number of carbonyl (C=O) groups is 1. The minimum absolute atomic E-state index is 0.0296. The zero-order valence-electron chi connectivity index (χ0n) is 10.7. The Bertz CT molecular complexity index is 485. The van der Waals surface area contributed by atoms with Crippen molar-refractivity contribution in [3.05, 3.63) is 35.4 Å². The van der Waals surface area contributed by atoms with E-state index in [1.54, 1.807) is 4.90 Å². The van der Waals surface area contributed by atoms with Crippen LogP contribution in [0.15, 0.2) is 24.3 Å². The van der Waals surface area contributed by atoms with E-state index in [0.717, 1.165) is 12.0 Å². The molecular weight excluding hydrogens is 242 g/mol. The number of urea groups is 1. The lowest BCUT2D eigenvalue weighted by Crippen LogP contribution is -2.57. The van der Waals surface area contributed by atoms with Gasteiger partial charge in [-0.2, -0.15) is 0 Å². The zero-order chi connectivity index (χ0) is 13.4. The first-order valence-electron chi connectivity index (χ1n) is 6.68. The lowest BCUT2D eigenvalue weighted by molar-refractivity contribution is 0.0759. The van der Waals surface area contributed by atoms with E-state index in [9.17, 15) is 4.79 Å². The summed E-state index contributed by atoms with van der Waals surface area (Å²) < 4.78 is 0. The summed E-state index contributed by atoms with van der Waals surface area (Å²) in [6, 6.07) is 7.83. The molecule has 1 fully saturated rings. The Hall–Kier alpha value is -1.59. The normalized spacial score (nSPS) is 25.9. The highest BCUT2D eigenvalue weighted by atomic mass is 16.3. The molecule has 0 saturated carbocycles. The van der Waals surface area contributed by atoms with Crippen molar-refractivity contribution in [3.8, 4) is 0 Å². The lowest BCUT2D eigenvalue weighted by Gasteiger charge is -2.39. The fraction of sp³-hybridized carbons (Fsp3) is 0.500. The van der Waals surface area contributed by atoms with Crippen LogP contribution in [0, 0.1) is 5.92 Å². The number of nitrogens with zero attached hydrogens (tertiary/aromatic N) is 1. The number of aliphatic hydroxyl groups is 1. The molecule has 4 N–H and O–H groups in total. The van der Waals surface area contributed by atoms with E-state index in [1.165, 1.54) is 5.56 Å². The van der Waals surface area contributed by atoms with Gasteiger partial charge in [0.05, 0.1) is 12.1 Å². The van der Waals surface area contributed by atoms with Gasteiger partial charge in [0.2, 0.25) is 0 Å². The Morgan fingerprint density at radius 1 is 1.42 bits per heavy atom. The van der Waals surface area contributed by atoms with Gasteiger partial charge >= 0.3 is 6.03 Å². The molecule has 1 heterocycles. The van der Waals surface area contributed by atoms with Gasteiger partial charge in [0.1, 0.15) is 0 Å². The molecule has 2 atom stereocenters. The van der Waals surface area contributed by atoms with E-state index in [-0.39, 0.29) is 30.6 Å². The van der Waals surface area contributed by atoms with Crippen LogP contribution in [0.1, 0.15) is 17.2 Å². The third-order valence-corrected chi connectivity index (χ3v) is 4.10. The van der Waals surface area contributed by atoms with Crippen molar-refractivity contribution in [1.82, 2.24) is 10.2 Å². The van der Waals surface area contributed by atoms with Gasteiger partial charge in [-0.1, -0.05) is 24.3 Å². The number of hydrogen-bond donors (Lipinski definition) is 3. The number of nitrogens with two attached hydrogens (primary N) is 1. The second kappa shape index (κ2) is 4.83. The molecule has 0 unspecified atom stereocenters. The minimum Gasteiger partial charge on any atom is -0.396 e. The fourth-order valence-corrected chi connectivity index (χ4v) is 2.87. The van der Waals surface area contributed by atoms with Crippen LogP contribution in [0.3, 0.4) is 0 Å². The SMILES string of the molecule is N[C@@H]1c2ccccc2C[C@H]1NC(=O)N1CC(CO)C1. The highest BCUT2D eigenvalue weighted by molar-refractivity contribution is 5.75. The highest BCUT2D eigenvalue weighted by Gasteiger charge is 2.35. The molecule has 102 valence electrons. The van der Waals surface area contributed by atoms with Gasteiger partial charge in [-0.05, 0) is 17.5 Å². The monoisotopic (exact) mass is 261 g/mol. The number of fused-ring (bicyclic) bond motifs is 1. The molecule has 0 bridgehead atoms. The maximum absolute atomic E-state index is 12.0. The predicted molar refractivity (Wildman–Crippen MR) is 71.5 cm³/mol. The van der Waals surface area contributed by atoms with Gasteiger partial charge in [0, 0.05) is 25.6 Å². The molecule has 1 aromatic rings. The molecule has 1 saturated heterocycles. The third kappa shape index (κ3) is 2.19. The van der Waals surface area contributed by atoms with Crippen LogP contribution < -0.4 is 11.1 Å². The fourth-order valence-electron chi connectivity index (χ4n) is 2.87. The number of aliphatic hydroxyl groups excluding tert-OH is 1. The number of carbonyl (C=O) groups excluding carboxylic acids is 1. The number of amides is 2. The van der Waals surface area contributed by atoms with Crippen molar-refractivity contribution in [2.24, 2.45) is 11.7 Å². The molecule has 5 nitrogen and oxygen atoms in total. The van der Waals surface area contributed by atoms with Crippen LogP contribution >= 0.6 is 0 Å². The van der Waals surface area contributed by atoms with Gasteiger partial charge in [0.25, 0.3) is 0 Å². The number of benzene rings is 1. The van der Waals surface area contributed by atoms with Crippen molar-refractivity contribution in [3.63, 3.8) is 0 Å². The summed E-state index contributed by atoms with van der Waals surface area (Å²) in [5.74, 6) is 0.236. The van der Waals surface area contributed by atoms with Crippen LogP contribution in [0.25, 0.3) is 0 Å². The molecule has 19 heavy (non-hydrogen) atoms. The molecule has 0 radical (unpaired) electrons. The molecule has 0 spiro atoms. The Kier molecular flexibility index (Phi) is 3.16. The smallest absolute Gasteiger partial charge is 0.317 e. The van der Waals surface area contributed by atoms with Crippen molar-refractivity contribution in [2.45, 2.75) is 18.5 Å². The molecular formula is C14H19N3O2. The molecule has 1 aliphatic carbocycles. The van der Waals surface area contributed by atoms with Crippen LogP contribution in [0.4, 0.5) is 4.79 Å². The summed E-state index contributed by atoms with van der Waals surface area (Å²) in [5.41, 5.74) is 8.53. The number of likely N-dealkylation sites (tertiary alicyclic amines) is 1. The first-order valence-corrected chi connectivity index (χ1v) is 6.68. The summed E-state index contributed by atoms with van der Waals surface area (Å²) in [6.07, 6.45) is 0.792. The summed E-state index contributed by atoms with van der Waals surface area (Å²) in [4.78, 5) is 13.7. The first-order chi connectivity index (χ1) is 9.19. The minimum atomic E-state index is -0.130. The van der Waals surface area contributed by atoms with E-state index in [2.05, 4.69) is 11.4 Å². The number of hydrogen-bond acceptors (Lipinski definition) is 3. The molecule has 2 aliphatic rings. The summed E-state index contributed by atoms with van der Waals surface area (Å²) in [7, 11) is 0. The molecule has 0 aromatic heterocycles. The second-order valence-electron chi connectivity index (χ2n) is 5.44. The predicted octanol–water partition coefficient (Wildman–Crippen LogP) is 0.245. The molecule has 1 aliphatic heterocycles. The molecule has 3 rings (SSSR count). The molecule has 1 aromatic carbocycles. The van der Waals surface area contributed by atoms with Gasteiger partial charge in [-0.25, -0.2) is 4.79 Å². The lowest BCUT2D eigenvalue weighted by atomic mass is 10.0. The van der Waals surface area contributed by atoms with Crippen LogP contribution in [0.5, 0.6) is 0 Å². The first kappa shape index (κ1) is 12.4. The summed E-state index contributed by atoms with van der Waals surface area (Å²) in [5, 5.41) is 12.0. The number of rotatable bonds is 2. The standard InChI is InChI=1S/C14H19N3O2/c15-13-11-4-2-1-3-10(11)5-12(13)16-14(19)17-6-9(7-17)8-18/h1-4,9,12-13,18H,5-8,15H2,(H,16,19)/t12-,13-/m1/s1. The van der Waals surface area contributed by atoms with Crippen molar-refractivity contribution in [2.75, 3.05) is 19.7 Å². The Morgan fingerprint density at radius 3 is 2.84 bits per heavy atom. The largest absolute Gasteiger partial charge is 0.396 e. The van der Waals surface area contributed by atoms with Gasteiger partial charge in [-0.3, -0.25) is 0 Å². The Morgan fingerprint density at radius 2 is 2.16 bits per heavy atom. The van der Waals surface area contributed by atoms with Gasteiger partial charge in [-0.15, -0.1) is 0 Å². The van der Waals surface area contributed by atoms with E-state index >= 15 is 0 Å². The maximum atomic E-state index is 12.0. The summed E-state index contributed by atoms with van der Waals surface area (Å²) >= 11 is 0. The number of nitrogens with one attached hydrogen (secondary N) is 1. The van der Waals surface area contributed by atoms with E-state index in [4.69, 9.17) is 10.8 Å². The van der Waals surface area contributed by atoms with Crippen LogP contribution in [-0.4, -0.2) is 41.8 Å². The van der Waals surface area contributed by atoms with Crippen molar-refractivity contribution >= 4 is 6.03 Å². The van der Waals surface area contributed by atoms with E-state index in [1.807, 2.05) is 18.2 Å². The van der Waals surface area contributed by atoms with Gasteiger partial charge in [0.15, 0.2) is 0 Å². The topological polar surface area (TPSA) is 78.6 Å². The molecule has 5 heteroatoms. The average molecular weight is 261 g/mol. The van der Waals surface area contributed by atoms with Crippen molar-refractivity contribution in [1.29, 1.82) is 0 Å². The van der Waals surface area contributed by atoms with E-state index in [0.29, 0.717) is 13.1 Å². The van der Waals surface area contributed by atoms with Gasteiger partial charge < -0.3 is 21.1 Å². The Labute approximate surface area is 112 Å². The Balaban J connectivity index is 1.59. The van der Waals surface area contributed by atoms with Crippen LogP contribution in [0.2, 0.25) is 0 Å². The average Bonchev–Trinajstić information content (AvgIpc) is 2.66. The maximum Gasteiger partial charge on any atom is 0.317 e. The van der Waals surface area contributed by atoms with Crippen molar-refractivity contribution < 1.29 is 9.90 Å². The third-order valence-electron chi connectivity index (χ3n) is 4.10. The second-order valence-corrected chi connectivity index (χ2v) is 5.44. The van der Waals surface area contributed by atoms with E-state index < -0.39 is 0 Å². The summed E-state index contributed by atoms with van der Waals surface area (Å²) in [6.45, 7) is 1.42. The van der Waals surface area contributed by atoms with Crippen LogP contribution in [-0.2, 0) is 6.42 Å². The highest BCUT2D eigenvalue weighted by Crippen LogP contribution is 2.29. The zero-order valence-corrected chi connectivity index (χ0v) is 10.7. The quantitative estimate of drug-likeness (QED) is 0.714. The molecule has 2 amide bonds.